The Morgan fingerprint density at radius 1 is 1.21 bits per heavy atom. The second-order valence-corrected chi connectivity index (χ2v) is 7.50. The van der Waals surface area contributed by atoms with Gasteiger partial charge in [-0.1, -0.05) is 49.6 Å². The largest absolute Gasteiger partial charge is 0.366 e. The molecule has 2 N–H and O–H groups in total. The number of nitrogens with zero attached hydrogens (tertiary/aromatic N) is 2. The molecule has 146 valence electrons. The van der Waals surface area contributed by atoms with Gasteiger partial charge in [-0.25, -0.2) is 0 Å². The van der Waals surface area contributed by atoms with Crippen LogP contribution >= 0.6 is 11.6 Å². The molecule has 0 atom stereocenters. The predicted octanol–water partition coefficient (Wildman–Crippen LogP) is 5.39. The minimum atomic E-state index is -0.405. The van der Waals surface area contributed by atoms with Crippen molar-refractivity contribution in [2.24, 2.45) is 5.73 Å². The molecule has 1 amide bonds. The van der Waals surface area contributed by atoms with Crippen LogP contribution in [0.1, 0.15) is 53.5 Å². The van der Waals surface area contributed by atoms with Crippen LogP contribution < -0.4 is 5.73 Å². The van der Waals surface area contributed by atoms with Crippen LogP contribution in [0.5, 0.6) is 0 Å². The maximum Gasteiger partial charge on any atom is 0.251 e. The molecule has 2 heterocycles. The van der Waals surface area contributed by atoms with Gasteiger partial charge in [0.05, 0.1) is 5.56 Å². The molecule has 2 aromatic heterocycles. The number of aromatic nitrogens is 2. The molecule has 3 aromatic rings. The van der Waals surface area contributed by atoms with Gasteiger partial charge in [-0.2, -0.15) is 0 Å². The fraction of sp³-hybridized carbons (Fsp3) is 0.304. The van der Waals surface area contributed by atoms with E-state index >= 15 is 0 Å². The van der Waals surface area contributed by atoms with Gasteiger partial charge >= 0.3 is 0 Å². The molecule has 0 saturated carbocycles. The van der Waals surface area contributed by atoms with E-state index in [4.69, 9.17) is 17.3 Å². The van der Waals surface area contributed by atoms with Gasteiger partial charge in [0.15, 0.2) is 0 Å². The number of pyridine rings is 1. The first-order chi connectivity index (χ1) is 13.5. The topological polar surface area (TPSA) is 60.9 Å². The fourth-order valence-corrected chi connectivity index (χ4v) is 3.97. The molecule has 0 aliphatic heterocycles. The lowest BCUT2D eigenvalue weighted by Crippen LogP contribution is -2.13. The highest BCUT2D eigenvalue weighted by Crippen LogP contribution is 2.34. The van der Waals surface area contributed by atoms with Gasteiger partial charge in [0.2, 0.25) is 0 Å². The predicted molar refractivity (Wildman–Crippen MR) is 115 cm³/mol. The van der Waals surface area contributed by atoms with E-state index in [1.807, 2.05) is 37.3 Å². The number of unbranched alkanes of at least 4 members (excludes halogenated alkanes) is 2. The molecular formula is C23H26ClN3O. The maximum absolute atomic E-state index is 12.4. The van der Waals surface area contributed by atoms with Gasteiger partial charge in [0.1, 0.15) is 0 Å². The molecule has 0 unspecified atom stereocenters. The minimum Gasteiger partial charge on any atom is -0.366 e. The molecule has 0 bridgehead atoms. The maximum atomic E-state index is 12.4. The monoisotopic (exact) mass is 395 g/mol. The highest BCUT2D eigenvalue weighted by molar-refractivity contribution is 6.30. The Morgan fingerprint density at radius 2 is 2.04 bits per heavy atom. The van der Waals surface area contributed by atoms with E-state index in [9.17, 15) is 4.79 Å². The third-order valence-corrected chi connectivity index (χ3v) is 5.31. The highest BCUT2D eigenvalue weighted by Gasteiger charge is 2.24. The summed E-state index contributed by atoms with van der Waals surface area (Å²) in [6.45, 7) is 4.80. The summed E-state index contributed by atoms with van der Waals surface area (Å²) in [7, 11) is 0. The van der Waals surface area contributed by atoms with Crippen molar-refractivity contribution >= 4 is 17.5 Å². The van der Waals surface area contributed by atoms with Gasteiger partial charge in [-0.05, 0) is 43.5 Å². The lowest BCUT2D eigenvalue weighted by atomic mass is 9.98. The summed E-state index contributed by atoms with van der Waals surface area (Å²) in [5.41, 5.74) is 11.4. The summed E-state index contributed by atoms with van der Waals surface area (Å²) in [4.78, 5) is 16.6. The zero-order valence-corrected chi connectivity index (χ0v) is 17.2. The van der Waals surface area contributed by atoms with E-state index in [2.05, 4.69) is 22.5 Å². The third-order valence-electron chi connectivity index (χ3n) is 5.07. The number of carbonyl (C=O) groups excluding carboxylic acids is 1. The van der Waals surface area contributed by atoms with Crippen LogP contribution in [0.15, 0.2) is 48.8 Å². The number of benzene rings is 1. The summed E-state index contributed by atoms with van der Waals surface area (Å²) < 4.78 is 2.21. The molecule has 28 heavy (non-hydrogen) atoms. The molecule has 0 aliphatic rings. The molecule has 3 rings (SSSR count). The van der Waals surface area contributed by atoms with Crippen molar-refractivity contribution in [3.8, 4) is 11.1 Å². The minimum absolute atomic E-state index is 0.405. The molecule has 1 aromatic carbocycles. The van der Waals surface area contributed by atoms with Gasteiger partial charge in [-0.3, -0.25) is 9.78 Å². The van der Waals surface area contributed by atoms with E-state index in [1.54, 1.807) is 12.4 Å². The third kappa shape index (κ3) is 4.28. The molecule has 0 aliphatic carbocycles. The number of rotatable bonds is 8. The Hall–Kier alpha value is -2.59. The van der Waals surface area contributed by atoms with Crippen LogP contribution in [0.25, 0.3) is 11.1 Å². The molecule has 0 radical (unpaired) electrons. The van der Waals surface area contributed by atoms with Crippen molar-refractivity contribution in [2.45, 2.75) is 46.1 Å². The Balaban J connectivity index is 2.17. The molecule has 5 heteroatoms. The average Bonchev–Trinajstić information content (AvgIpc) is 2.95. The van der Waals surface area contributed by atoms with Crippen molar-refractivity contribution in [3.05, 3.63) is 76.3 Å². The van der Waals surface area contributed by atoms with Crippen LogP contribution in [-0.4, -0.2) is 15.5 Å². The fourth-order valence-electron chi connectivity index (χ4n) is 3.75. The van der Waals surface area contributed by atoms with Gasteiger partial charge in [0, 0.05) is 46.5 Å². The smallest absolute Gasteiger partial charge is 0.251 e. The summed E-state index contributed by atoms with van der Waals surface area (Å²) in [5, 5.41) is 0.706. The first-order valence-electron chi connectivity index (χ1n) is 9.69. The van der Waals surface area contributed by atoms with E-state index in [0.29, 0.717) is 17.1 Å². The first-order valence-corrected chi connectivity index (χ1v) is 10.1. The second kappa shape index (κ2) is 9.07. The lowest BCUT2D eigenvalue weighted by molar-refractivity contribution is 0.1000. The van der Waals surface area contributed by atoms with Crippen molar-refractivity contribution < 1.29 is 4.79 Å². The average molecular weight is 396 g/mol. The molecule has 4 nitrogen and oxygen atoms in total. The van der Waals surface area contributed by atoms with E-state index in [-0.39, 0.29) is 0 Å². The van der Waals surface area contributed by atoms with Crippen LogP contribution in [0, 0.1) is 6.92 Å². The normalized spacial score (nSPS) is 11.0. The SMILES string of the molecule is CCCCCc1c(-c2cccnc2)c(C(N)=O)c(C)n1Cc1cccc(Cl)c1. The standard InChI is InChI=1S/C23H26ClN3O/c1-3-4-5-11-20-22(18-9-7-12-26-14-18)21(23(25)28)16(2)27(20)15-17-8-6-10-19(24)13-17/h6-10,12-14H,3-5,11,15H2,1-2H3,(H2,25,28). The number of amides is 1. The van der Waals surface area contributed by atoms with E-state index in [1.165, 1.54) is 0 Å². The van der Waals surface area contributed by atoms with Gasteiger partial charge in [0.25, 0.3) is 5.91 Å². The molecule has 0 saturated heterocycles. The van der Waals surface area contributed by atoms with E-state index in [0.717, 1.165) is 53.8 Å². The Labute approximate surface area is 171 Å². The number of hydrogen-bond acceptors (Lipinski definition) is 2. The number of primary amides is 1. The number of hydrogen-bond donors (Lipinski definition) is 1. The number of halogens is 1. The van der Waals surface area contributed by atoms with Crippen LogP contribution in [-0.2, 0) is 13.0 Å². The van der Waals surface area contributed by atoms with Crippen molar-refractivity contribution in [1.29, 1.82) is 0 Å². The van der Waals surface area contributed by atoms with Crippen LogP contribution in [0.3, 0.4) is 0 Å². The lowest BCUT2D eigenvalue weighted by Gasteiger charge is -2.14. The zero-order chi connectivity index (χ0) is 20.1. The number of nitrogens with two attached hydrogens (primary N) is 1. The molecule has 0 fully saturated rings. The Kier molecular flexibility index (Phi) is 6.53. The van der Waals surface area contributed by atoms with Crippen molar-refractivity contribution in [2.75, 3.05) is 0 Å². The van der Waals surface area contributed by atoms with Crippen LogP contribution in [0.4, 0.5) is 0 Å². The summed E-state index contributed by atoms with van der Waals surface area (Å²) in [5.74, 6) is -0.405. The highest BCUT2D eigenvalue weighted by atomic mass is 35.5. The summed E-state index contributed by atoms with van der Waals surface area (Å²) in [6, 6.07) is 11.7. The molecule has 0 spiro atoms. The van der Waals surface area contributed by atoms with Crippen molar-refractivity contribution in [1.82, 2.24) is 9.55 Å². The van der Waals surface area contributed by atoms with Gasteiger partial charge in [-0.15, -0.1) is 0 Å². The quantitative estimate of drug-likeness (QED) is 0.519. The Bertz CT molecular complexity index is 963. The van der Waals surface area contributed by atoms with Gasteiger partial charge < -0.3 is 10.3 Å². The number of carbonyl (C=O) groups is 1. The van der Waals surface area contributed by atoms with E-state index < -0.39 is 5.91 Å². The van der Waals surface area contributed by atoms with Crippen molar-refractivity contribution in [3.63, 3.8) is 0 Å². The first kappa shape index (κ1) is 20.2. The molecular weight excluding hydrogens is 370 g/mol. The van der Waals surface area contributed by atoms with Crippen LogP contribution in [0.2, 0.25) is 5.02 Å². The zero-order valence-electron chi connectivity index (χ0n) is 16.4. The summed E-state index contributed by atoms with van der Waals surface area (Å²) >= 11 is 6.18. The second-order valence-electron chi connectivity index (χ2n) is 7.06. The Morgan fingerprint density at radius 3 is 2.68 bits per heavy atom. The summed E-state index contributed by atoms with van der Waals surface area (Å²) in [6.07, 6.45) is 7.75.